The van der Waals surface area contributed by atoms with Crippen molar-refractivity contribution in [2.75, 3.05) is 11.4 Å². The molecular formula is C26H25ClN6OS. The number of halogens is 1. The summed E-state index contributed by atoms with van der Waals surface area (Å²) in [6.45, 7) is 6.49. The van der Waals surface area contributed by atoms with Crippen LogP contribution in [0.25, 0.3) is 5.69 Å². The number of carbonyl (C=O) groups excluding carboxylic acids is 1. The number of benzene rings is 2. The number of rotatable bonds is 5. The molecule has 0 saturated heterocycles. The number of hydrogen-bond acceptors (Lipinski definition) is 6. The zero-order valence-electron chi connectivity index (χ0n) is 19.8. The molecule has 3 heterocycles. The first-order valence-corrected chi connectivity index (χ1v) is 12.8. The minimum absolute atomic E-state index is 0.154. The standard InChI is InChI=1S/C26H25ClN6OS/c1-16-10-11-20(14-21(16)27)33-23(15-35-26-28-17(2)13-18(3)29-26)24(30-31-33)25(34)32-12-6-8-19-7-4-5-9-22(19)32/h4-5,7,9-11,13-14H,6,8,12,15H2,1-3H3. The second-order valence-corrected chi connectivity index (χ2v) is 9.99. The lowest BCUT2D eigenvalue weighted by atomic mass is 10.0. The molecule has 1 aliphatic heterocycles. The van der Waals surface area contributed by atoms with Crippen LogP contribution in [0.4, 0.5) is 5.69 Å². The molecule has 0 unspecified atom stereocenters. The molecule has 0 saturated carbocycles. The molecule has 4 aromatic rings. The Morgan fingerprint density at radius 3 is 2.60 bits per heavy atom. The van der Waals surface area contributed by atoms with Gasteiger partial charge in [-0.25, -0.2) is 14.6 Å². The summed E-state index contributed by atoms with van der Waals surface area (Å²) in [6, 6.07) is 15.7. The fourth-order valence-corrected chi connectivity index (χ4v) is 5.40. The maximum absolute atomic E-state index is 13.8. The summed E-state index contributed by atoms with van der Waals surface area (Å²) in [4.78, 5) is 24.7. The lowest BCUT2D eigenvalue weighted by molar-refractivity contribution is 0.0979. The van der Waals surface area contributed by atoms with Crippen molar-refractivity contribution >= 4 is 35.0 Å². The van der Waals surface area contributed by atoms with Gasteiger partial charge in [0.2, 0.25) is 0 Å². The van der Waals surface area contributed by atoms with Crippen LogP contribution >= 0.6 is 23.4 Å². The normalized spacial score (nSPS) is 13.1. The predicted molar refractivity (Wildman–Crippen MR) is 139 cm³/mol. The fourth-order valence-electron chi connectivity index (χ4n) is 4.28. The van der Waals surface area contributed by atoms with Crippen LogP contribution in [0.3, 0.4) is 0 Å². The fraction of sp³-hybridized carbons (Fsp3) is 0.269. The highest BCUT2D eigenvalue weighted by atomic mass is 35.5. The molecular weight excluding hydrogens is 480 g/mol. The van der Waals surface area contributed by atoms with Crippen LogP contribution in [0.2, 0.25) is 5.02 Å². The second-order valence-electron chi connectivity index (χ2n) is 8.64. The summed E-state index contributed by atoms with van der Waals surface area (Å²) in [7, 11) is 0. The van der Waals surface area contributed by atoms with Crippen molar-refractivity contribution in [1.29, 1.82) is 0 Å². The van der Waals surface area contributed by atoms with Gasteiger partial charge in [-0.1, -0.05) is 52.8 Å². The van der Waals surface area contributed by atoms with Crippen LogP contribution in [-0.2, 0) is 12.2 Å². The summed E-state index contributed by atoms with van der Waals surface area (Å²) >= 11 is 7.87. The van der Waals surface area contributed by atoms with Gasteiger partial charge in [0, 0.05) is 34.4 Å². The van der Waals surface area contributed by atoms with Gasteiger partial charge < -0.3 is 4.90 Å². The number of amides is 1. The van der Waals surface area contributed by atoms with Gasteiger partial charge in [0.1, 0.15) is 0 Å². The number of anilines is 1. The van der Waals surface area contributed by atoms with Crippen LogP contribution in [0.15, 0.2) is 53.7 Å². The topological polar surface area (TPSA) is 76.8 Å². The molecule has 0 fully saturated rings. The molecule has 7 nitrogen and oxygen atoms in total. The number of nitrogens with zero attached hydrogens (tertiary/aromatic N) is 6. The lowest BCUT2D eigenvalue weighted by Crippen LogP contribution is -2.36. The first-order chi connectivity index (χ1) is 16.9. The third-order valence-corrected chi connectivity index (χ3v) is 7.29. The SMILES string of the molecule is Cc1cc(C)nc(SCc2c(C(=O)N3CCCc4ccccc43)nnn2-c2ccc(C)c(Cl)c2)n1. The molecule has 0 spiro atoms. The Kier molecular flexibility index (Phi) is 6.58. The molecule has 5 rings (SSSR count). The van der Waals surface area contributed by atoms with Crippen molar-refractivity contribution in [1.82, 2.24) is 25.0 Å². The van der Waals surface area contributed by atoms with Gasteiger partial charge in [0.25, 0.3) is 5.91 Å². The Labute approximate surface area is 213 Å². The highest BCUT2D eigenvalue weighted by molar-refractivity contribution is 7.98. The Morgan fingerprint density at radius 1 is 1.06 bits per heavy atom. The van der Waals surface area contributed by atoms with E-state index in [4.69, 9.17) is 11.6 Å². The molecule has 9 heteroatoms. The van der Waals surface area contributed by atoms with Gasteiger partial charge in [-0.3, -0.25) is 4.79 Å². The minimum atomic E-state index is -0.154. The molecule has 0 N–H and O–H groups in total. The molecule has 0 radical (unpaired) electrons. The summed E-state index contributed by atoms with van der Waals surface area (Å²) < 4.78 is 1.70. The van der Waals surface area contributed by atoms with Crippen LogP contribution in [-0.4, -0.2) is 37.4 Å². The average molecular weight is 505 g/mol. The zero-order chi connectivity index (χ0) is 24.5. The van der Waals surface area contributed by atoms with E-state index in [0.717, 1.165) is 41.2 Å². The van der Waals surface area contributed by atoms with E-state index >= 15 is 0 Å². The van der Waals surface area contributed by atoms with E-state index in [9.17, 15) is 4.79 Å². The van der Waals surface area contributed by atoms with Gasteiger partial charge >= 0.3 is 0 Å². The zero-order valence-corrected chi connectivity index (χ0v) is 21.4. The van der Waals surface area contributed by atoms with E-state index in [1.165, 1.54) is 17.3 Å². The van der Waals surface area contributed by atoms with E-state index in [1.54, 1.807) is 4.68 Å². The van der Waals surface area contributed by atoms with Crippen molar-refractivity contribution in [3.05, 3.63) is 87.5 Å². The van der Waals surface area contributed by atoms with E-state index in [1.807, 2.05) is 68.1 Å². The number of thioether (sulfide) groups is 1. The third-order valence-electron chi connectivity index (χ3n) is 6.02. The summed E-state index contributed by atoms with van der Waals surface area (Å²) in [5, 5.41) is 10.0. The van der Waals surface area contributed by atoms with Crippen LogP contribution in [0, 0.1) is 20.8 Å². The molecule has 178 valence electrons. The first kappa shape index (κ1) is 23.5. The van der Waals surface area contributed by atoms with Gasteiger partial charge in [-0.2, -0.15) is 0 Å². The van der Waals surface area contributed by atoms with E-state index in [0.29, 0.717) is 33.9 Å². The monoisotopic (exact) mass is 504 g/mol. The maximum atomic E-state index is 13.8. The Bertz CT molecular complexity index is 1400. The molecule has 35 heavy (non-hydrogen) atoms. The number of fused-ring (bicyclic) bond motifs is 1. The molecule has 2 aromatic heterocycles. The largest absolute Gasteiger partial charge is 0.307 e. The Hall–Kier alpha value is -3.23. The molecule has 0 aliphatic carbocycles. The number of carbonyl (C=O) groups is 1. The minimum Gasteiger partial charge on any atom is -0.307 e. The molecule has 2 aromatic carbocycles. The molecule has 1 aliphatic rings. The van der Waals surface area contributed by atoms with E-state index in [2.05, 4.69) is 26.3 Å². The highest BCUT2D eigenvalue weighted by Gasteiger charge is 2.29. The number of aryl methyl sites for hydroxylation is 4. The molecule has 0 atom stereocenters. The predicted octanol–water partition coefficient (Wildman–Crippen LogP) is 5.52. The molecule has 0 bridgehead atoms. The number of para-hydroxylation sites is 1. The second kappa shape index (κ2) is 9.79. The summed E-state index contributed by atoms with van der Waals surface area (Å²) in [5.41, 5.74) is 6.65. The van der Waals surface area contributed by atoms with Crippen molar-refractivity contribution in [3.63, 3.8) is 0 Å². The third kappa shape index (κ3) is 4.81. The maximum Gasteiger partial charge on any atom is 0.280 e. The van der Waals surface area contributed by atoms with Crippen LogP contribution in [0.5, 0.6) is 0 Å². The van der Waals surface area contributed by atoms with Gasteiger partial charge in [0.15, 0.2) is 10.9 Å². The van der Waals surface area contributed by atoms with Gasteiger partial charge in [0.05, 0.1) is 11.4 Å². The van der Waals surface area contributed by atoms with Crippen molar-refractivity contribution in [2.45, 2.75) is 44.5 Å². The Morgan fingerprint density at radius 2 is 1.83 bits per heavy atom. The van der Waals surface area contributed by atoms with Crippen molar-refractivity contribution in [3.8, 4) is 5.69 Å². The van der Waals surface area contributed by atoms with Crippen molar-refractivity contribution in [2.24, 2.45) is 0 Å². The van der Waals surface area contributed by atoms with Crippen LogP contribution in [0.1, 0.15) is 45.1 Å². The molecule has 1 amide bonds. The summed E-state index contributed by atoms with van der Waals surface area (Å²) in [6.07, 6.45) is 1.87. The van der Waals surface area contributed by atoms with Crippen LogP contribution < -0.4 is 4.90 Å². The highest BCUT2D eigenvalue weighted by Crippen LogP contribution is 2.30. The first-order valence-electron chi connectivity index (χ1n) is 11.5. The van der Waals surface area contributed by atoms with Gasteiger partial charge in [-0.15, -0.1) is 5.10 Å². The van der Waals surface area contributed by atoms with Gasteiger partial charge in [-0.05, 0) is 69.0 Å². The number of hydrogen-bond donors (Lipinski definition) is 0. The average Bonchev–Trinajstić information content (AvgIpc) is 3.27. The van der Waals surface area contributed by atoms with E-state index < -0.39 is 0 Å². The summed E-state index contributed by atoms with van der Waals surface area (Å²) in [5.74, 6) is 0.274. The lowest BCUT2D eigenvalue weighted by Gasteiger charge is -2.29. The van der Waals surface area contributed by atoms with Crippen molar-refractivity contribution < 1.29 is 4.79 Å². The number of aromatic nitrogens is 5. The quantitative estimate of drug-likeness (QED) is 0.263. The Balaban J connectivity index is 1.55. The smallest absolute Gasteiger partial charge is 0.280 e. The van der Waals surface area contributed by atoms with E-state index in [-0.39, 0.29) is 5.91 Å².